The van der Waals surface area contributed by atoms with E-state index in [0.29, 0.717) is 0 Å². The van der Waals surface area contributed by atoms with Crippen molar-refractivity contribution in [1.82, 2.24) is 5.48 Å². The largest absolute Gasteiger partial charge is 0.486 e. The molecule has 0 spiro atoms. The van der Waals surface area contributed by atoms with E-state index in [2.05, 4.69) is 48.4 Å². The predicted molar refractivity (Wildman–Crippen MR) is 83.7 cm³/mol. The molecule has 1 aromatic rings. The van der Waals surface area contributed by atoms with Gasteiger partial charge in [-0.25, -0.2) is 4.57 Å². The number of nitrogens with one attached hydrogen (secondary N) is 1. The average molecular weight is 321 g/mol. The van der Waals surface area contributed by atoms with Gasteiger partial charge in [0.2, 0.25) is 0 Å². The summed E-state index contributed by atoms with van der Waals surface area (Å²) in [5, 5.41) is 0. The Bertz CT molecular complexity index is 448. The summed E-state index contributed by atoms with van der Waals surface area (Å²) in [6.07, 6.45) is 3.25. The summed E-state index contributed by atoms with van der Waals surface area (Å²) >= 11 is 1.81. The van der Waals surface area contributed by atoms with Crippen LogP contribution >= 0.6 is 19.6 Å². The first-order valence-electron chi connectivity index (χ1n) is 6.32. The minimum atomic E-state index is -4.33. The molecule has 0 radical (unpaired) electrons. The molecule has 116 valence electrons. The Morgan fingerprint density at radius 1 is 1.40 bits per heavy atom. The highest BCUT2D eigenvalue weighted by Crippen LogP contribution is 2.33. The van der Waals surface area contributed by atoms with Gasteiger partial charge in [-0.1, -0.05) is 19.1 Å². The molecule has 0 aliphatic carbocycles. The lowest BCUT2D eigenvalue weighted by molar-refractivity contribution is 0.107. The molecule has 0 bridgehead atoms. The van der Waals surface area contributed by atoms with Crippen LogP contribution in [0, 0.1) is 6.92 Å². The van der Waals surface area contributed by atoms with E-state index in [9.17, 15) is 4.57 Å². The van der Waals surface area contributed by atoms with Crippen LogP contribution in [0.1, 0.15) is 31.9 Å². The molecule has 0 amide bonds. The third-order valence-electron chi connectivity index (χ3n) is 2.27. The van der Waals surface area contributed by atoms with Gasteiger partial charge in [-0.2, -0.15) is 10.1 Å². The second-order valence-corrected chi connectivity index (χ2v) is 6.52. The summed E-state index contributed by atoms with van der Waals surface area (Å²) in [7, 11) is -4.33. The van der Waals surface area contributed by atoms with Gasteiger partial charge < -0.3 is 9.79 Å². The average Bonchev–Trinajstić information content (AvgIpc) is 2.36. The van der Waals surface area contributed by atoms with Crippen molar-refractivity contribution in [3.05, 3.63) is 29.3 Å². The van der Waals surface area contributed by atoms with Crippen molar-refractivity contribution < 1.29 is 19.0 Å². The Balaban J connectivity index is 0.000000370. The zero-order valence-corrected chi connectivity index (χ0v) is 14.3. The fourth-order valence-electron chi connectivity index (χ4n) is 1.33. The molecule has 0 saturated heterocycles. The van der Waals surface area contributed by atoms with Gasteiger partial charge in [0, 0.05) is 10.9 Å². The van der Waals surface area contributed by atoms with Gasteiger partial charge in [-0.15, -0.1) is 11.8 Å². The zero-order chi connectivity index (χ0) is 15.8. The van der Waals surface area contributed by atoms with Gasteiger partial charge in [0.05, 0.1) is 0 Å². The van der Waals surface area contributed by atoms with Crippen LogP contribution in [0.15, 0.2) is 23.1 Å². The van der Waals surface area contributed by atoms with E-state index in [1.807, 2.05) is 11.8 Å². The maximum atomic E-state index is 9.95. The smallest absolute Gasteiger partial charge is 0.302 e. The monoisotopic (exact) mass is 321 g/mol. The first-order valence-corrected chi connectivity index (χ1v) is 9.08. The summed E-state index contributed by atoms with van der Waals surface area (Å²) in [4.78, 5) is 17.6. The molecule has 0 unspecified atom stereocenters. The fourth-order valence-corrected chi connectivity index (χ4v) is 2.27. The molecule has 5 nitrogen and oxygen atoms in total. The summed E-state index contributed by atoms with van der Waals surface area (Å²) < 4.78 is 13.9. The molecule has 0 aromatic heterocycles. The molecule has 0 saturated carbocycles. The van der Waals surface area contributed by atoms with E-state index in [1.165, 1.54) is 16.0 Å². The predicted octanol–water partition coefficient (Wildman–Crippen LogP) is 3.29. The number of thioether (sulfide) groups is 1. The molecular weight excluding hydrogens is 297 g/mol. The molecule has 0 fully saturated rings. The fraction of sp³-hybridized carbons (Fsp3) is 0.538. The van der Waals surface area contributed by atoms with Crippen LogP contribution in [0.2, 0.25) is 0 Å². The van der Waals surface area contributed by atoms with Crippen molar-refractivity contribution in [3.8, 4) is 0 Å². The molecule has 0 atom stereocenters. The summed E-state index contributed by atoms with van der Waals surface area (Å²) in [5.74, 6) is 0. The summed E-state index contributed by atoms with van der Waals surface area (Å²) in [6.45, 7) is 7.77. The third-order valence-corrected chi connectivity index (χ3v) is 3.52. The first kappa shape index (κ1) is 19.6. The van der Waals surface area contributed by atoms with Gasteiger partial charge in [0.1, 0.15) is 0 Å². The van der Waals surface area contributed by atoms with E-state index in [0.717, 1.165) is 6.42 Å². The Hall–Kier alpha value is -0.360. The minimum absolute atomic E-state index is 0.0994. The van der Waals surface area contributed by atoms with E-state index in [4.69, 9.17) is 9.79 Å². The Morgan fingerprint density at radius 2 is 2.00 bits per heavy atom. The highest BCUT2D eigenvalue weighted by atomic mass is 32.2. The minimum Gasteiger partial charge on any atom is -0.302 e. The van der Waals surface area contributed by atoms with E-state index in [1.54, 1.807) is 13.8 Å². The van der Waals surface area contributed by atoms with Crippen LogP contribution in [0.4, 0.5) is 0 Å². The van der Waals surface area contributed by atoms with Crippen LogP contribution in [-0.4, -0.2) is 22.1 Å². The number of benzene rings is 1. The van der Waals surface area contributed by atoms with Crippen molar-refractivity contribution >= 4 is 19.6 Å². The van der Waals surface area contributed by atoms with Gasteiger partial charge in [-0.05, 0) is 50.6 Å². The van der Waals surface area contributed by atoms with Gasteiger partial charge in [0.25, 0.3) is 0 Å². The van der Waals surface area contributed by atoms with Gasteiger partial charge in [0.15, 0.2) is 0 Å². The SMILES string of the molecule is CC(C)NOP(=O)(O)O.CCc1ccc(SC)c(C)c1. The topological polar surface area (TPSA) is 78.8 Å². The normalized spacial score (nSPS) is 11.2. The number of hydrogen-bond acceptors (Lipinski definition) is 4. The summed E-state index contributed by atoms with van der Waals surface area (Å²) in [6, 6.07) is 6.58. The number of phosphoric acid groups is 1. The van der Waals surface area contributed by atoms with Gasteiger partial charge >= 0.3 is 7.82 Å². The first-order chi connectivity index (χ1) is 9.19. The maximum absolute atomic E-state index is 9.95. The summed E-state index contributed by atoms with van der Waals surface area (Å²) in [5.41, 5.74) is 4.95. The van der Waals surface area contributed by atoms with Crippen molar-refractivity contribution in [2.24, 2.45) is 0 Å². The highest BCUT2D eigenvalue weighted by molar-refractivity contribution is 7.98. The lowest BCUT2D eigenvalue weighted by Crippen LogP contribution is -2.21. The molecule has 1 aromatic carbocycles. The zero-order valence-electron chi connectivity index (χ0n) is 12.6. The maximum Gasteiger partial charge on any atom is 0.486 e. The van der Waals surface area contributed by atoms with Crippen LogP contribution in [0.25, 0.3) is 0 Å². The number of hydroxylamine groups is 1. The third kappa shape index (κ3) is 9.53. The van der Waals surface area contributed by atoms with Crippen molar-refractivity contribution in [1.29, 1.82) is 0 Å². The molecule has 3 N–H and O–H groups in total. The van der Waals surface area contributed by atoms with Crippen LogP contribution in [-0.2, 0) is 15.6 Å². The Kier molecular flexibility index (Phi) is 9.38. The van der Waals surface area contributed by atoms with E-state index < -0.39 is 7.82 Å². The standard InChI is InChI=1S/C10H14S.C3H10NO4P/c1-4-9-5-6-10(11-3)8(2)7-9;1-3(2)4-8-9(5,6)7/h5-7H,4H2,1-3H3;3-4H,1-2H3,(H2,5,6,7). The lowest BCUT2D eigenvalue weighted by Gasteiger charge is -2.07. The molecule has 0 heterocycles. The van der Waals surface area contributed by atoms with Crippen molar-refractivity contribution in [2.45, 2.75) is 45.1 Å². The van der Waals surface area contributed by atoms with E-state index >= 15 is 0 Å². The second-order valence-electron chi connectivity index (χ2n) is 4.51. The van der Waals surface area contributed by atoms with Crippen molar-refractivity contribution in [2.75, 3.05) is 6.26 Å². The van der Waals surface area contributed by atoms with Crippen LogP contribution in [0.5, 0.6) is 0 Å². The Morgan fingerprint density at radius 3 is 2.30 bits per heavy atom. The molecule has 1 rings (SSSR count). The molecule has 20 heavy (non-hydrogen) atoms. The quantitative estimate of drug-likeness (QED) is 0.439. The number of rotatable bonds is 5. The molecular formula is C13H24NO4PS. The van der Waals surface area contributed by atoms with Crippen LogP contribution in [0.3, 0.4) is 0 Å². The molecule has 0 aliphatic heterocycles. The molecule has 0 aliphatic rings. The number of aryl methyl sites for hydroxylation is 2. The van der Waals surface area contributed by atoms with Gasteiger partial charge in [-0.3, -0.25) is 0 Å². The van der Waals surface area contributed by atoms with E-state index in [-0.39, 0.29) is 6.04 Å². The van der Waals surface area contributed by atoms with Crippen molar-refractivity contribution in [3.63, 3.8) is 0 Å². The molecule has 7 heteroatoms. The van der Waals surface area contributed by atoms with Crippen LogP contribution < -0.4 is 5.48 Å². The Labute approximate surface area is 125 Å². The lowest BCUT2D eigenvalue weighted by atomic mass is 10.1. The second kappa shape index (κ2) is 9.55. The number of hydrogen-bond donors (Lipinski definition) is 3. The highest BCUT2D eigenvalue weighted by Gasteiger charge is 2.13.